The zero-order chi connectivity index (χ0) is 40.2. The smallest absolute Gasteiger partial charge is 0.462 e. The molecule has 0 aliphatic carbocycles. The topological polar surface area (TPSA) is 138 Å². The van der Waals surface area contributed by atoms with Gasteiger partial charge in [0.2, 0.25) is 0 Å². The van der Waals surface area contributed by atoms with Crippen LogP contribution in [0.3, 0.4) is 0 Å². The maximum Gasteiger partial charge on any atom is 0.472 e. The number of nitrogens with zero attached hydrogens (tertiary/aromatic N) is 1. The van der Waals surface area contributed by atoms with Crippen molar-refractivity contribution in [2.75, 3.05) is 47.5 Å². The average Bonchev–Trinajstić information content (AvgIpc) is 3.12. The predicted octanol–water partition coefficient (Wildman–Crippen LogP) is 11.0. The van der Waals surface area contributed by atoms with E-state index in [1.54, 1.807) is 0 Å². The molecule has 0 saturated heterocycles. The Bertz CT molecular complexity index is 1000. The van der Waals surface area contributed by atoms with Gasteiger partial charge in [0.15, 0.2) is 6.10 Å². The van der Waals surface area contributed by atoms with Crippen molar-refractivity contribution in [1.82, 2.24) is 0 Å². The zero-order valence-electron chi connectivity index (χ0n) is 35.0. The molecule has 0 aromatic rings. The molecular formula is C42H81NO10P+. The van der Waals surface area contributed by atoms with E-state index in [4.69, 9.17) is 23.8 Å². The Balaban J connectivity index is 4.48. The molecule has 11 nitrogen and oxygen atoms in total. The van der Waals surface area contributed by atoms with Crippen molar-refractivity contribution in [3.63, 3.8) is 0 Å². The number of hydrogen-bond donors (Lipinski definition) is 2. The summed E-state index contributed by atoms with van der Waals surface area (Å²) in [5, 5.41) is 9.02. The summed E-state index contributed by atoms with van der Waals surface area (Å²) in [5.41, 5.74) is 0. The second-order valence-electron chi connectivity index (χ2n) is 15.7. The summed E-state index contributed by atoms with van der Waals surface area (Å²) in [6, 6.07) is 0. The fraction of sp³-hybridized carbons (Fsp3) is 0.857. The Hall–Kier alpha value is -1.59. The molecule has 0 radical (unpaired) electrons. The van der Waals surface area contributed by atoms with Crippen LogP contribution in [-0.4, -0.2) is 86.3 Å². The zero-order valence-corrected chi connectivity index (χ0v) is 35.9. The first-order chi connectivity index (χ1) is 25.9. The van der Waals surface area contributed by atoms with Gasteiger partial charge < -0.3 is 18.9 Å². The summed E-state index contributed by atoms with van der Waals surface area (Å²) in [6.07, 6.45) is 32.5. The van der Waals surface area contributed by atoms with Crippen LogP contribution in [0.25, 0.3) is 0 Å². The van der Waals surface area contributed by atoms with Gasteiger partial charge in [-0.1, -0.05) is 154 Å². The lowest BCUT2D eigenvalue weighted by molar-refractivity contribution is -0.870. The Morgan fingerprint density at radius 3 is 1.74 bits per heavy atom. The summed E-state index contributed by atoms with van der Waals surface area (Å²) in [4.78, 5) is 39.8. The van der Waals surface area contributed by atoms with E-state index in [1.807, 2.05) is 39.4 Å². The fourth-order valence-electron chi connectivity index (χ4n) is 5.76. The fourth-order valence-corrected chi connectivity index (χ4v) is 6.50. The first-order valence-electron chi connectivity index (χ1n) is 21.3. The number of ether oxygens (including phenoxy) is 2. The Morgan fingerprint density at radius 2 is 1.19 bits per heavy atom. The predicted molar refractivity (Wildman–Crippen MR) is 218 cm³/mol. The lowest BCUT2D eigenvalue weighted by atomic mass is 10.0. The standard InChI is InChI=1S/C42H80NO10P/c1-6-8-10-11-12-13-14-15-16-19-22-25-29-33-41(44)49-37-40(38-51-54(47,48)50-36-35-43(3,4)5)52-42(45)34-30-26-23-20-17-18-21-24-28-32-39(53-46)31-27-9-7-2/h21,24,28,32,39-40H,6-20,22-23,25-27,29-31,33-38H2,1-5H3,(H-,46,47,48)/p+1/b24-21+,32-28+/t39-,40-/m1/s1. The number of unbranched alkanes of at least 4 members (excludes halogenated alkanes) is 19. The second-order valence-corrected chi connectivity index (χ2v) is 17.1. The molecule has 0 aromatic carbocycles. The van der Waals surface area contributed by atoms with E-state index in [1.165, 1.54) is 64.2 Å². The molecule has 0 bridgehead atoms. The lowest BCUT2D eigenvalue weighted by Crippen LogP contribution is -2.37. The number of quaternary nitrogens is 1. The van der Waals surface area contributed by atoms with Gasteiger partial charge in [-0.05, 0) is 32.1 Å². The van der Waals surface area contributed by atoms with Crippen molar-refractivity contribution < 1.29 is 52.2 Å². The molecule has 0 saturated carbocycles. The van der Waals surface area contributed by atoms with Gasteiger partial charge in [-0.25, -0.2) is 9.45 Å². The average molecular weight is 791 g/mol. The van der Waals surface area contributed by atoms with Gasteiger partial charge in [0.1, 0.15) is 25.9 Å². The number of carbonyl (C=O) groups excluding carboxylic acids is 2. The van der Waals surface area contributed by atoms with E-state index in [9.17, 15) is 19.0 Å². The van der Waals surface area contributed by atoms with Gasteiger partial charge in [-0.15, -0.1) is 0 Å². The molecular weight excluding hydrogens is 709 g/mol. The van der Waals surface area contributed by atoms with Crippen LogP contribution in [0.2, 0.25) is 0 Å². The minimum absolute atomic E-state index is 0.0167. The molecule has 0 heterocycles. The SMILES string of the molecule is CCCCCCCCCCCCCCCC(=O)OC[C@H](COP(=O)(O)OCC[N+](C)(C)C)OC(=O)CCCCCCC/C=C/C=C/[C@@H](CCCCC)OO. The van der Waals surface area contributed by atoms with Gasteiger partial charge in [0, 0.05) is 12.8 Å². The molecule has 0 fully saturated rings. The molecule has 0 amide bonds. The third kappa shape index (κ3) is 37.3. The summed E-state index contributed by atoms with van der Waals surface area (Å²) in [7, 11) is 1.42. The third-order valence-corrected chi connectivity index (χ3v) is 10.2. The molecule has 318 valence electrons. The van der Waals surface area contributed by atoms with E-state index in [-0.39, 0.29) is 38.1 Å². The highest BCUT2D eigenvalue weighted by atomic mass is 31.2. The molecule has 0 aliphatic rings. The van der Waals surface area contributed by atoms with Crippen LogP contribution >= 0.6 is 7.82 Å². The molecule has 12 heteroatoms. The number of esters is 2. The summed E-state index contributed by atoms with van der Waals surface area (Å²) in [5.74, 6) is -0.855. The van der Waals surface area contributed by atoms with Gasteiger partial charge in [-0.2, -0.15) is 0 Å². The summed E-state index contributed by atoms with van der Waals surface area (Å²) in [6.45, 7) is 4.22. The van der Waals surface area contributed by atoms with Crippen LogP contribution in [0.4, 0.5) is 0 Å². The van der Waals surface area contributed by atoms with E-state index in [0.29, 0.717) is 17.4 Å². The van der Waals surface area contributed by atoms with Crippen molar-refractivity contribution in [2.24, 2.45) is 0 Å². The van der Waals surface area contributed by atoms with Crippen LogP contribution in [-0.2, 0) is 37.6 Å². The Morgan fingerprint density at radius 1 is 0.667 bits per heavy atom. The first kappa shape index (κ1) is 52.4. The molecule has 54 heavy (non-hydrogen) atoms. The monoisotopic (exact) mass is 791 g/mol. The molecule has 0 aliphatic heterocycles. The van der Waals surface area contributed by atoms with Crippen LogP contribution in [0, 0.1) is 0 Å². The lowest BCUT2D eigenvalue weighted by Gasteiger charge is -2.24. The molecule has 0 spiro atoms. The Kier molecular flexibility index (Phi) is 34.7. The maximum atomic E-state index is 12.7. The molecule has 0 aromatic heterocycles. The minimum Gasteiger partial charge on any atom is -0.462 e. The molecule has 3 atom stereocenters. The first-order valence-corrected chi connectivity index (χ1v) is 22.8. The van der Waals surface area contributed by atoms with Crippen molar-refractivity contribution in [1.29, 1.82) is 0 Å². The van der Waals surface area contributed by atoms with Crippen LogP contribution in [0.5, 0.6) is 0 Å². The molecule has 0 rings (SSSR count). The van der Waals surface area contributed by atoms with Gasteiger partial charge in [-0.3, -0.25) is 23.9 Å². The van der Waals surface area contributed by atoms with Crippen LogP contribution < -0.4 is 0 Å². The number of rotatable bonds is 39. The highest BCUT2D eigenvalue weighted by molar-refractivity contribution is 7.47. The summed E-state index contributed by atoms with van der Waals surface area (Å²) >= 11 is 0. The van der Waals surface area contributed by atoms with Crippen LogP contribution in [0.15, 0.2) is 24.3 Å². The second kappa shape index (κ2) is 35.8. The number of hydrogen-bond acceptors (Lipinski definition) is 9. The van der Waals surface area contributed by atoms with Gasteiger partial charge in [0.25, 0.3) is 0 Å². The number of phosphoric acid groups is 1. The van der Waals surface area contributed by atoms with Gasteiger partial charge in [0.05, 0.1) is 27.7 Å². The van der Waals surface area contributed by atoms with Crippen LogP contribution in [0.1, 0.15) is 174 Å². The Labute approximate surface area is 329 Å². The largest absolute Gasteiger partial charge is 0.472 e. The van der Waals surface area contributed by atoms with E-state index in [2.05, 4.69) is 24.8 Å². The van der Waals surface area contributed by atoms with E-state index >= 15 is 0 Å². The normalized spacial score (nSPS) is 14.4. The molecule has 2 N–H and O–H groups in total. The number of allylic oxidation sites excluding steroid dienone is 3. The molecule has 1 unspecified atom stereocenters. The maximum absolute atomic E-state index is 12.7. The number of likely N-dealkylation sites (N-methyl/N-ethyl adjacent to an activating group) is 1. The highest BCUT2D eigenvalue weighted by Crippen LogP contribution is 2.43. The highest BCUT2D eigenvalue weighted by Gasteiger charge is 2.27. The van der Waals surface area contributed by atoms with Crippen molar-refractivity contribution in [3.8, 4) is 0 Å². The number of phosphoric ester groups is 1. The minimum atomic E-state index is -4.39. The quantitative estimate of drug-likeness (QED) is 0.0118. The van der Waals surface area contributed by atoms with E-state index < -0.39 is 26.5 Å². The number of carbonyl (C=O) groups is 2. The van der Waals surface area contributed by atoms with Crippen molar-refractivity contribution >= 4 is 19.8 Å². The van der Waals surface area contributed by atoms with Crippen molar-refractivity contribution in [2.45, 2.75) is 187 Å². The van der Waals surface area contributed by atoms with E-state index in [0.717, 1.165) is 77.0 Å². The summed E-state index contributed by atoms with van der Waals surface area (Å²) < 4.78 is 34.2. The van der Waals surface area contributed by atoms with Crippen molar-refractivity contribution in [3.05, 3.63) is 24.3 Å². The van der Waals surface area contributed by atoms with Gasteiger partial charge >= 0.3 is 19.8 Å². The third-order valence-electron chi connectivity index (χ3n) is 9.21.